The highest BCUT2D eigenvalue weighted by molar-refractivity contribution is 6.00. The summed E-state index contributed by atoms with van der Waals surface area (Å²) in [6, 6.07) is 21.4. The smallest absolute Gasteiger partial charge is 0.273 e. The number of hydrogen-bond acceptors (Lipinski definition) is 4. The monoisotopic (exact) mass is 467 g/mol. The van der Waals surface area contributed by atoms with Crippen LogP contribution < -0.4 is 4.74 Å². The van der Waals surface area contributed by atoms with Gasteiger partial charge in [0.1, 0.15) is 29.5 Å². The van der Waals surface area contributed by atoms with Gasteiger partial charge in [0, 0.05) is 17.7 Å². The van der Waals surface area contributed by atoms with E-state index in [1.807, 2.05) is 79.4 Å². The Morgan fingerprint density at radius 2 is 1.86 bits per heavy atom. The molecule has 3 aromatic carbocycles. The van der Waals surface area contributed by atoms with Crippen molar-refractivity contribution in [2.75, 3.05) is 6.54 Å². The number of H-pyrrole nitrogens is 1. The van der Waals surface area contributed by atoms with Gasteiger partial charge in [0.05, 0.1) is 6.04 Å². The van der Waals surface area contributed by atoms with Crippen LogP contribution in [-0.4, -0.2) is 32.7 Å². The minimum Gasteiger partial charge on any atom is -0.507 e. The summed E-state index contributed by atoms with van der Waals surface area (Å²) in [5.41, 5.74) is 6.47. The predicted molar refractivity (Wildman–Crippen MR) is 136 cm³/mol. The van der Waals surface area contributed by atoms with Crippen molar-refractivity contribution in [3.63, 3.8) is 0 Å². The number of carbonyl (C=O) groups is 1. The number of hydrogen-bond donors (Lipinski definition) is 2. The summed E-state index contributed by atoms with van der Waals surface area (Å²) in [4.78, 5) is 15.3. The van der Waals surface area contributed by atoms with Crippen molar-refractivity contribution >= 4 is 5.91 Å². The fraction of sp³-hybridized carbons (Fsp3) is 0.241. The Balaban J connectivity index is 1.57. The number of ether oxygens (including phenoxy) is 1. The number of benzene rings is 3. The van der Waals surface area contributed by atoms with Crippen LogP contribution in [0.3, 0.4) is 0 Å². The van der Waals surface area contributed by atoms with Crippen molar-refractivity contribution in [1.82, 2.24) is 15.1 Å². The molecule has 6 heteroatoms. The van der Waals surface area contributed by atoms with E-state index in [0.29, 0.717) is 30.1 Å². The quantitative estimate of drug-likeness (QED) is 0.353. The van der Waals surface area contributed by atoms with Crippen LogP contribution in [-0.2, 0) is 6.61 Å². The molecule has 0 fully saturated rings. The van der Waals surface area contributed by atoms with E-state index < -0.39 is 0 Å². The fourth-order valence-corrected chi connectivity index (χ4v) is 4.97. The van der Waals surface area contributed by atoms with Gasteiger partial charge < -0.3 is 14.7 Å². The Hall–Kier alpha value is -4.06. The molecule has 35 heavy (non-hydrogen) atoms. The third-order valence-corrected chi connectivity index (χ3v) is 6.45. The van der Waals surface area contributed by atoms with E-state index in [1.54, 1.807) is 6.07 Å². The second kappa shape index (κ2) is 9.29. The molecule has 0 bridgehead atoms. The average molecular weight is 468 g/mol. The Bertz CT molecular complexity index is 1350. The lowest BCUT2D eigenvalue weighted by Crippen LogP contribution is -2.30. The number of phenols is 1. The third-order valence-electron chi connectivity index (χ3n) is 6.45. The first kappa shape index (κ1) is 22.7. The third kappa shape index (κ3) is 4.16. The summed E-state index contributed by atoms with van der Waals surface area (Å²) in [5, 5.41) is 18.3. The van der Waals surface area contributed by atoms with Crippen LogP contribution in [0, 0.1) is 13.8 Å². The molecule has 1 aliphatic rings. The van der Waals surface area contributed by atoms with E-state index in [4.69, 9.17) is 4.74 Å². The van der Waals surface area contributed by atoms with Gasteiger partial charge in [0.25, 0.3) is 5.91 Å². The largest absolute Gasteiger partial charge is 0.507 e. The number of nitrogens with zero attached hydrogens (tertiary/aromatic N) is 2. The Morgan fingerprint density at radius 1 is 1.06 bits per heavy atom. The van der Waals surface area contributed by atoms with Gasteiger partial charge >= 0.3 is 0 Å². The highest BCUT2D eigenvalue weighted by Crippen LogP contribution is 2.46. The van der Waals surface area contributed by atoms with Gasteiger partial charge in [-0.05, 0) is 60.7 Å². The van der Waals surface area contributed by atoms with Gasteiger partial charge in [-0.25, -0.2) is 0 Å². The number of amides is 1. The molecule has 5 rings (SSSR count). The molecule has 0 radical (unpaired) electrons. The van der Waals surface area contributed by atoms with Crippen molar-refractivity contribution in [2.45, 2.75) is 39.8 Å². The summed E-state index contributed by atoms with van der Waals surface area (Å²) < 4.78 is 6.08. The molecular formula is C29H29N3O3. The van der Waals surface area contributed by atoms with Gasteiger partial charge in [0.2, 0.25) is 0 Å². The number of aromatic nitrogens is 2. The number of nitrogens with one attached hydrogen (secondary N) is 1. The number of rotatable bonds is 7. The number of aryl methyl sites for hydroxylation is 2. The number of aromatic amines is 1. The standard InChI is InChI=1S/C29H29N3O3/c1-4-13-32-28(21-11-8-12-22(16-21)35-17-20-9-6-5-7-10-20)25-26(30-31-27(25)29(32)34)24-19(3)14-18(2)15-23(24)33/h5-12,14-16,28,33H,4,13,17H2,1-3H3,(H,30,31). The maximum Gasteiger partial charge on any atom is 0.273 e. The molecule has 6 nitrogen and oxygen atoms in total. The van der Waals surface area contributed by atoms with Crippen molar-refractivity contribution in [1.29, 1.82) is 0 Å². The van der Waals surface area contributed by atoms with Gasteiger partial charge in [-0.2, -0.15) is 5.10 Å². The molecule has 0 spiro atoms. The van der Waals surface area contributed by atoms with Crippen molar-refractivity contribution < 1.29 is 14.6 Å². The Labute approximate surface area is 205 Å². The van der Waals surface area contributed by atoms with Gasteiger partial charge in [0.15, 0.2) is 0 Å². The fourth-order valence-electron chi connectivity index (χ4n) is 4.97. The maximum atomic E-state index is 13.4. The van der Waals surface area contributed by atoms with E-state index in [0.717, 1.165) is 40.0 Å². The number of fused-ring (bicyclic) bond motifs is 1. The summed E-state index contributed by atoms with van der Waals surface area (Å²) in [5.74, 6) is 0.824. The van der Waals surface area contributed by atoms with Crippen LogP contribution in [0.4, 0.5) is 0 Å². The summed E-state index contributed by atoms with van der Waals surface area (Å²) in [7, 11) is 0. The van der Waals surface area contributed by atoms with Crippen molar-refractivity contribution in [3.8, 4) is 22.8 Å². The first-order valence-corrected chi connectivity index (χ1v) is 11.9. The molecule has 1 atom stereocenters. The van der Waals surface area contributed by atoms with E-state index in [1.165, 1.54) is 0 Å². The normalized spacial score (nSPS) is 14.9. The van der Waals surface area contributed by atoms with Gasteiger partial charge in [-0.3, -0.25) is 9.89 Å². The van der Waals surface area contributed by atoms with Crippen molar-refractivity contribution in [3.05, 3.63) is 100 Å². The Kier molecular flexibility index (Phi) is 6.03. The maximum absolute atomic E-state index is 13.4. The molecule has 2 heterocycles. The molecule has 4 aromatic rings. The summed E-state index contributed by atoms with van der Waals surface area (Å²) >= 11 is 0. The van der Waals surface area contributed by atoms with Crippen LogP contribution >= 0.6 is 0 Å². The van der Waals surface area contributed by atoms with Gasteiger partial charge in [-0.15, -0.1) is 0 Å². The lowest BCUT2D eigenvalue weighted by atomic mass is 9.93. The van der Waals surface area contributed by atoms with Crippen LogP contribution in [0.2, 0.25) is 0 Å². The number of aromatic hydroxyl groups is 1. The zero-order chi connectivity index (χ0) is 24.5. The minimum absolute atomic E-state index is 0.0783. The minimum atomic E-state index is -0.327. The molecular weight excluding hydrogens is 438 g/mol. The van der Waals surface area contributed by atoms with E-state index in [9.17, 15) is 9.90 Å². The molecule has 1 unspecified atom stereocenters. The van der Waals surface area contributed by atoms with Crippen LogP contribution in [0.15, 0.2) is 66.7 Å². The molecule has 2 N–H and O–H groups in total. The highest BCUT2D eigenvalue weighted by atomic mass is 16.5. The van der Waals surface area contributed by atoms with Crippen molar-refractivity contribution in [2.24, 2.45) is 0 Å². The first-order valence-electron chi connectivity index (χ1n) is 11.9. The highest BCUT2D eigenvalue weighted by Gasteiger charge is 2.42. The summed E-state index contributed by atoms with van der Waals surface area (Å²) in [6.45, 7) is 7.04. The van der Waals surface area contributed by atoms with E-state index in [-0.39, 0.29) is 17.7 Å². The molecule has 1 aromatic heterocycles. The summed E-state index contributed by atoms with van der Waals surface area (Å²) in [6.07, 6.45) is 0.828. The van der Waals surface area contributed by atoms with E-state index >= 15 is 0 Å². The average Bonchev–Trinajstić information content (AvgIpc) is 3.37. The predicted octanol–water partition coefficient (Wildman–Crippen LogP) is 5.93. The molecule has 1 amide bonds. The zero-order valence-corrected chi connectivity index (χ0v) is 20.2. The Morgan fingerprint density at radius 3 is 2.60 bits per heavy atom. The lowest BCUT2D eigenvalue weighted by Gasteiger charge is -2.26. The number of carbonyl (C=O) groups excluding carboxylic acids is 1. The lowest BCUT2D eigenvalue weighted by molar-refractivity contribution is 0.0743. The first-order chi connectivity index (χ1) is 17.0. The van der Waals surface area contributed by atoms with Gasteiger partial charge in [-0.1, -0.05) is 55.5 Å². The topological polar surface area (TPSA) is 78.5 Å². The molecule has 1 aliphatic heterocycles. The second-order valence-electron chi connectivity index (χ2n) is 9.08. The van der Waals surface area contributed by atoms with E-state index in [2.05, 4.69) is 17.1 Å². The van der Waals surface area contributed by atoms with Crippen LogP contribution in [0.1, 0.15) is 57.7 Å². The molecule has 0 saturated heterocycles. The molecule has 178 valence electrons. The second-order valence-corrected chi connectivity index (χ2v) is 9.08. The SMILES string of the molecule is CCCN1C(=O)c2[nH]nc(-c3c(C)cc(C)cc3O)c2C1c1cccc(OCc2ccccc2)c1. The van der Waals surface area contributed by atoms with Crippen LogP contribution in [0.25, 0.3) is 11.3 Å². The number of phenolic OH excluding ortho intramolecular Hbond substituents is 1. The molecule has 0 saturated carbocycles. The van der Waals surface area contributed by atoms with Crippen LogP contribution in [0.5, 0.6) is 11.5 Å². The molecule has 0 aliphatic carbocycles. The zero-order valence-electron chi connectivity index (χ0n) is 20.2.